The zero-order valence-electron chi connectivity index (χ0n) is 12.2. The largest absolute Gasteiger partial charge is 0.417 e. The van der Waals surface area contributed by atoms with Crippen LogP contribution in [0.15, 0.2) is 30.6 Å². The van der Waals surface area contributed by atoms with Gasteiger partial charge in [0.1, 0.15) is 11.5 Å². The van der Waals surface area contributed by atoms with Gasteiger partial charge in [-0.2, -0.15) is 13.2 Å². The van der Waals surface area contributed by atoms with E-state index >= 15 is 0 Å². The van der Waals surface area contributed by atoms with Crippen molar-refractivity contribution >= 4 is 29.0 Å². The molecule has 1 heterocycles. The number of hydrogen-bond donors (Lipinski definition) is 2. The highest BCUT2D eigenvalue weighted by molar-refractivity contribution is 6.31. The number of anilines is 2. The summed E-state index contributed by atoms with van der Waals surface area (Å²) in [5.74, 6) is -0.101. The van der Waals surface area contributed by atoms with Crippen LogP contribution in [0.4, 0.5) is 24.7 Å². The lowest BCUT2D eigenvalue weighted by molar-refractivity contribution is -0.137. The third-order valence-electron chi connectivity index (χ3n) is 3.34. The molecule has 1 saturated carbocycles. The number of rotatable bonds is 4. The summed E-state index contributed by atoms with van der Waals surface area (Å²) >= 11 is 5.57. The van der Waals surface area contributed by atoms with Crippen LogP contribution in [0.1, 0.15) is 28.9 Å². The van der Waals surface area contributed by atoms with E-state index < -0.39 is 11.7 Å². The molecule has 1 aromatic heterocycles. The maximum Gasteiger partial charge on any atom is 0.417 e. The van der Waals surface area contributed by atoms with Crippen molar-refractivity contribution in [3.05, 3.63) is 46.9 Å². The summed E-state index contributed by atoms with van der Waals surface area (Å²) in [6.45, 7) is 0. The van der Waals surface area contributed by atoms with E-state index in [4.69, 9.17) is 11.6 Å². The van der Waals surface area contributed by atoms with Gasteiger partial charge in [0.15, 0.2) is 0 Å². The van der Waals surface area contributed by atoms with Gasteiger partial charge in [0.05, 0.1) is 23.0 Å². The van der Waals surface area contributed by atoms with Crippen molar-refractivity contribution in [3.8, 4) is 0 Å². The quantitative estimate of drug-likeness (QED) is 0.874. The summed E-state index contributed by atoms with van der Waals surface area (Å²) in [5, 5.41) is 5.08. The molecule has 0 atom stereocenters. The van der Waals surface area contributed by atoms with Crippen LogP contribution in [0, 0.1) is 0 Å². The molecule has 0 bridgehead atoms. The summed E-state index contributed by atoms with van der Waals surface area (Å²) < 4.78 is 38.5. The number of carbonyl (C=O) groups excluding carboxylic acids is 1. The Morgan fingerprint density at radius 2 is 1.96 bits per heavy atom. The van der Waals surface area contributed by atoms with E-state index in [1.165, 1.54) is 18.5 Å². The van der Waals surface area contributed by atoms with Crippen molar-refractivity contribution in [2.24, 2.45) is 0 Å². The molecule has 1 aliphatic rings. The second kappa shape index (κ2) is 6.27. The first-order valence-corrected chi connectivity index (χ1v) is 7.47. The molecule has 24 heavy (non-hydrogen) atoms. The van der Waals surface area contributed by atoms with E-state index in [0.29, 0.717) is 0 Å². The minimum atomic E-state index is -4.55. The molecule has 1 aliphatic carbocycles. The summed E-state index contributed by atoms with van der Waals surface area (Å²) in [6, 6.07) is 3.63. The van der Waals surface area contributed by atoms with E-state index in [0.717, 1.165) is 25.0 Å². The molecular weight excluding hydrogens is 345 g/mol. The van der Waals surface area contributed by atoms with E-state index in [2.05, 4.69) is 20.6 Å². The molecule has 0 spiro atoms. The van der Waals surface area contributed by atoms with Gasteiger partial charge in [0, 0.05) is 11.7 Å². The Bertz CT molecular complexity index is 760. The number of alkyl halides is 3. The first-order chi connectivity index (χ1) is 11.3. The van der Waals surface area contributed by atoms with E-state index in [1.54, 1.807) is 0 Å². The van der Waals surface area contributed by atoms with Crippen LogP contribution in [0.5, 0.6) is 0 Å². The van der Waals surface area contributed by atoms with Crippen molar-refractivity contribution in [2.75, 3.05) is 5.32 Å². The average molecular weight is 357 g/mol. The molecule has 2 aromatic rings. The van der Waals surface area contributed by atoms with Crippen LogP contribution < -0.4 is 10.6 Å². The second-order valence-corrected chi connectivity index (χ2v) is 5.76. The molecule has 2 N–H and O–H groups in total. The maximum atomic E-state index is 12.8. The van der Waals surface area contributed by atoms with Gasteiger partial charge in [0.2, 0.25) is 0 Å². The fourth-order valence-electron chi connectivity index (χ4n) is 1.96. The summed E-state index contributed by atoms with van der Waals surface area (Å²) in [7, 11) is 0. The number of aromatic nitrogens is 2. The Hall–Kier alpha value is -2.35. The number of carbonyl (C=O) groups is 1. The molecule has 126 valence electrons. The highest BCUT2D eigenvalue weighted by atomic mass is 35.5. The summed E-state index contributed by atoms with van der Waals surface area (Å²) in [4.78, 5) is 19.7. The number of hydrogen-bond acceptors (Lipinski definition) is 4. The molecule has 3 rings (SSSR count). The van der Waals surface area contributed by atoms with E-state index in [1.807, 2.05) is 0 Å². The fraction of sp³-hybridized carbons (Fsp3) is 0.267. The van der Waals surface area contributed by atoms with Crippen molar-refractivity contribution in [2.45, 2.75) is 25.1 Å². The van der Waals surface area contributed by atoms with Crippen molar-refractivity contribution < 1.29 is 18.0 Å². The van der Waals surface area contributed by atoms with Gasteiger partial charge in [-0.25, -0.2) is 9.97 Å². The molecule has 0 aliphatic heterocycles. The first-order valence-electron chi connectivity index (χ1n) is 7.09. The Morgan fingerprint density at radius 1 is 1.21 bits per heavy atom. The van der Waals surface area contributed by atoms with Crippen molar-refractivity contribution in [1.82, 2.24) is 15.3 Å². The van der Waals surface area contributed by atoms with Gasteiger partial charge >= 0.3 is 6.18 Å². The van der Waals surface area contributed by atoms with Crippen LogP contribution >= 0.6 is 11.6 Å². The number of benzene rings is 1. The SMILES string of the molecule is O=C(NC1CC1)c1cnc(Nc2ccc(Cl)c(C(F)(F)F)c2)cn1. The Balaban J connectivity index is 1.73. The third-order valence-corrected chi connectivity index (χ3v) is 3.67. The lowest BCUT2D eigenvalue weighted by atomic mass is 10.2. The van der Waals surface area contributed by atoms with Crippen LogP contribution in [0.2, 0.25) is 5.02 Å². The molecule has 0 saturated heterocycles. The first kappa shape index (κ1) is 16.5. The van der Waals surface area contributed by atoms with Gasteiger partial charge in [-0.1, -0.05) is 11.6 Å². The van der Waals surface area contributed by atoms with Crippen LogP contribution in [0.25, 0.3) is 0 Å². The van der Waals surface area contributed by atoms with Gasteiger partial charge in [-0.15, -0.1) is 0 Å². The average Bonchev–Trinajstić information content (AvgIpc) is 3.33. The molecule has 5 nitrogen and oxygen atoms in total. The number of amides is 1. The Labute approximate surface area is 140 Å². The smallest absolute Gasteiger partial charge is 0.348 e. The van der Waals surface area contributed by atoms with Crippen LogP contribution in [-0.2, 0) is 6.18 Å². The molecule has 0 radical (unpaired) electrons. The zero-order chi connectivity index (χ0) is 17.3. The molecule has 9 heteroatoms. The van der Waals surface area contributed by atoms with Crippen molar-refractivity contribution in [1.29, 1.82) is 0 Å². The predicted molar refractivity (Wildman–Crippen MR) is 82.3 cm³/mol. The Kier molecular flexibility index (Phi) is 4.31. The van der Waals surface area contributed by atoms with E-state index in [9.17, 15) is 18.0 Å². The molecule has 1 fully saturated rings. The highest BCUT2D eigenvalue weighted by Crippen LogP contribution is 2.36. The molecule has 1 amide bonds. The van der Waals surface area contributed by atoms with Gasteiger partial charge in [-0.05, 0) is 31.0 Å². The maximum absolute atomic E-state index is 12.8. The topological polar surface area (TPSA) is 66.9 Å². The highest BCUT2D eigenvalue weighted by Gasteiger charge is 2.33. The van der Waals surface area contributed by atoms with Crippen LogP contribution in [-0.4, -0.2) is 21.9 Å². The van der Waals surface area contributed by atoms with Gasteiger partial charge < -0.3 is 10.6 Å². The molecule has 1 aromatic carbocycles. The standard InChI is InChI=1S/C15H12ClF3N4O/c16-11-4-3-9(5-10(11)15(17,18)19)22-13-7-20-12(6-21-13)14(24)23-8-1-2-8/h3-8H,1-2H2,(H,21,22)(H,23,24). The van der Waals surface area contributed by atoms with Gasteiger partial charge in [0.25, 0.3) is 5.91 Å². The number of nitrogens with zero attached hydrogens (tertiary/aromatic N) is 2. The summed E-state index contributed by atoms with van der Waals surface area (Å²) in [5.41, 5.74) is -0.627. The number of halogens is 4. The normalized spacial score (nSPS) is 14.3. The second-order valence-electron chi connectivity index (χ2n) is 5.35. The minimum absolute atomic E-state index is 0.152. The fourth-order valence-corrected chi connectivity index (χ4v) is 2.19. The predicted octanol–water partition coefficient (Wildman–Crippen LogP) is 3.78. The van der Waals surface area contributed by atoms with Crippen molar-refractivity contribution in [3.63, 3.8) is 0 Å². The molecule has 0 unspecified atom stereocenters. The third kappa shape index (κ3) is 3.94. The molecular formula is C15H12ClF3N4O. The lowest BCUT2D eigenvalue weighted by Gasteiger charge is -2.12. The minimum Gasteiger partial charge on any atom is -0.348 e. The summed E-state index contributed by atoms with van der Waals surface area (Å²) in [6.07, 6.45) is -0.0939. The lowest BCUT2D eigenvalue weighted by Crippen LogP contribution is -2.26. The monoisotopic (exact) mass is 356 g/mol. The van der Waals surface area contributed by atoms with Gasteiger partial charge in [-0.3, -0.25) is 4.79 Å². The zero-order valence-corrected chi connectivity index (χ0v) is 12.9. The Morgan fingerprint density at radius 3 is 2.54 bits per heavy atom. The number of nitrogens with one attached hydrogen (secondary N) is 2. The van der Waals surface area contributed by atoms with E-state index in [-0.39, 0.29) is 34.2 Å². The van der Waals surface area contributed by atoms with Crippen LogP contribution in [0.3, 0.4) is 0 Å².